The van der Waals surface area contributed by atoms with Crippen molar-refractivity contribution >= 4 is 27.7 Å². The van der Waals surface area contributed by atoms with Crippen LogP contribution >= 0.6 is 11.6 Å². The molecule has 2 nitrogen and oxygen atoms in total. The summed E-state index contributed by atoms with van der Waals surface area (Å²) in [6, 6.07) is 12.0. The molecule has 2 aromatic carbocycles. The van der Waals surface area contributed by atoms with Crippen molar-refractivity contribution in [2.45, 2.75) is 27.7 Å². The van der Waals surface area contributed by atoms with Crippen LogP contribution in [0.2, 0.25) is 0 Å². The quantitative estimate of drug-likeness (QED) is 0.582. The molecule has 0 saturated heterocycles. The molecule has 0 aliphatic rings. The largest absolute Gasteiger partial charge is 0.276 e. The number of aryl methyl sites for hydroxylation is 4. The second kappa shape index (κ2) is 5.78. The molecule has 0 saturated carbocycles. The Morgan fingerprint density at radius 1 is 0.957 bits per heavy atom. The molecule has 0 atom stereocenters. The van der Waals surface area contributed by atoms with Crippen molar-refractivity contribution in [2.24, 2.45) is 0 Å². The lowest BCUT2D eigenvalue weighted by molar-refractivity contribution is 0.108. The highest BCUT2D eigenvalue weighted by Gasteiger charge is 2.15. The molecule has 1 heterocycles. The molecule has 0 unspecified atom stereocenters. The van der Waals surface area contributed by atoms with E-state index >= 15 is 0 Å². The van der Waals surface area contributed by atoms with Crippen molar-refractivity contribution < 1.29 is 4.79 Å². The third-order valence-electron chi connectivity index (χ3n) is 4.39. The first kappa shape index (κ1) is 15.7. The number of halogens is 1. The van der Waals surface area contributed by atoms with Gasteiger partial charge >= 0.3 is 0 Å². The standard InChI is InChI=1S/C20H18ClNO/c1-11-5-6-13(3)16(9-11)18-10-17(20(21)23)15-8-7-12(2)14(4)19(15)22-18/h5-10H,1-4H3. The van der Waals surface area contributed by atoms with E-state index in [2.05, 4.69) is 18.2 Å². The summed E-state index contributed by atoms with van der Waals surface area (Å²) in [5.74, 6) is 0. The minimum atomic E-state index is -0.452. The molecule has 0 radical (unpaired) electrons. The van der Waals surface area contributed by atoms with Crippen LogP contribution in [0, 0.1) is 27.7 Å². The predicted octanol–water partition coefficient (Wildman–Crippen LogP) is 5.51. The smallest absolute Gasteiger partial charge is 0.253 e. The number of hydrogen-bond acceptors (Lipinski definition) is 2. The normalized spacial score (nSPS) is 11.0. The van der Waals surface area contributed by atoms with Crippen molar-refractivity contribution in [2.75, 3.05) is 0 Å². The van der Waals surface area contributed by atoms with Gasteiger partial charge in [-0.1, -0.05) is 29.8 Å². The summed E-state index contributed by atoms with van der Waals surface area (Å²) in [5.41, 5.74) is 7.68. The second-order valence-electron chi connectivity index (χ2n) is 6.05. The van der Waals surface area contributed by atoms with Crippen LogP contribution in [0.25, 0.3) is 22.2 Å². The van der Waals surface area contributed by atoms with Crippen molar-refractivity contribution in [3.8, 4) is 11.3 Å². The summed E-state index contributed by atoms with van der Waals surface area (Å²) in [7, 11) is 0. The molecule has 0 amide bonds. The van der Waals surface area contributed by atoms with Crippen molar-refractivity contribution in [1.82, 2.24) is 4.98 Å². The molecule has 0 fully saturated rings. The van der Waals surface area contributed by atoms with E-state index in [1.165, 1.54) is 0 Å². The van der Waals surface area contributed by atoms with Crippen LogP contribution in [0.4, 0.5) is 0 Å². The van der Waals surface area contributed by atoms with Gasteiger partial charge in [0.1, 0.15) is 0 Å². The minimum absolute atomic E-state index is 0.452. The Kier molecular flexibility index (Phi) is 3.95. The number of aromatic nitrogens is 1. The van der Waals surface area contributed by atoms with Crippen LogP contribution in [-0.4, -0.2) is 10.2 Å². The molecule has 1 aromatic heterocycles. The van der Waals surface area contributed by atoms with Gasteiger partial charge in [-0.3, -0.25) is 4.79 Å². The SMILES string of the molecule is Cc1ccc(C)c(-c2cc(C(=O)Cl)c3ccc(C)c(C)c3n2)c1. The summed E-state index contributed by atoms with van der Waals surface area (Å²) in [6.45, 7) is 8.17. The maximum atomic E-state index is 11.9. The molecule has 116 valence electrons. The Morgan fingerprint density at radius 3 is 2.35 bits per heavy atom. The summed E-state index contributed by atoms with van der Waals surface area (Å²) >= 11 is 5.84. The number of carbonyl (C=O) groups excluding carboxylic acids is 1. The average molecular weight is 324 g/mol. The second-order valence-corrected chi connectivity index (χ2v) is 6.39. The molecule has 0 aliphatic heterocycles. The highest BCUT2D eigenvalue weighted by Crippen LogP contribution is 2.30. The molecule has 3 rings (SSSR count). The molecule has 3 heteroatoms. The molecule has 0 bridgehead atoms. The van der Waals surface area contributed by atoms with E-state index in [0.29, 0.717) is 5.56 Å². The number of hydrogen-bond donors (Lipinski definition) is 0. The fourth-order valence-electron chi connectivity index (χ4n) is 2.84. The predicted molar refractivity (Wildman–Crippen MR) is 96.3 cm³/mol. The third kappa shape index (κ3) is 2.75. The Hall–Kier alpha value is -2.19. The first-order valence-corrected chi connectivity index (χ1v) is 7.94. The average Bonchev–Trinajstić information content (AvgIpc) is 2.52. The lowest BCUT2D eigenvalue weighted by Gasteiger charge is -2.12. The zero-order chi connectivity index (χ0) is 16.7. The van der Waals surface area contributed by atoms with Crippen LogP contribution in [0.3, 0.4) is 0 Å². The van der Waals surface area contributed by atoms with Gasteiger partial charge in [-0.15, -0.1) is 0 Å². The summed E-state index contributed by atoms with van der Waals surface area (Å²) in [6.07, 6.45) is 0. The van der Waals surface area contributed by atoms with E-state index in [4.69, 9.17) is 16.6 Å². The zero-order valence-corrected chi connectivity index (χ0v) is 14.5. The first-order chi connectivity index (χ1) is 10.9. The van der Waals surface area contributed by atoms with Crippen LogP contribution in [0.15, 0.2) is 36.4 Å². The molecular formula is C20H18ClNO. The van der Waals surface area contributed by atoms with E-state index in [1.54, 1.807) is 6.07 Å². The molecule has 0 spiro atoms. The fourth-order valence-corrected chi connectivity index (χ4v) is 3.00. The van der Waals surface area contributed by atoms with E-state index in [1.807, 2.05) is 39.8 Å². The number of nitrogens with zero attached hydrogens (tertiary/aromatic N) is 1. The van der Waals surface area contributed by atoms with Crippen LogP contribution in [0.5, 0.6) is 0 Å². The summed E-state index contributed by atoms with van der Waals surface area (Å²) < 4.78 is 0. The Labute approximate surface area is 141 Å². The monoisotopic (exact) mass is 323 g/mol. The maximum Gasteiger partial charge on any atom is 0.253 e. The highest BCUT2D eigenvalue weighted by molar-refractivity contribution is 6.68. The van der Waals surface area contributed by atoms with Crippen molar-refractivity contribution in [1.29, 1.82) is 0 Å². The van der Waals surface area contributed by atoms with Gasteiger partial charge in [-0.25, -0.2) is 4.98 Å². The first-order valence-electron chi connectivity index (χ1n) is 7.57. The summed E-state index contributed by atoms with van der Waals surface area (Å²) in [5, 5.41) is 0.356. The Bertz CT molecular complexity index is 944. The van der Waals surface area contributed by atoms with Gasteiger partial charge in [0.05, 0.1) is 11.2 Å². The van der Waals surface area contributed by atoms with Crippen molar-refractivity contribution in [3.05, 3.63) is 64.2 Å². The Morgan fingerprint density at radius 2 is 1.65 bits per heavy atom. The van der Waals surface area contributed by atoms with Gasteiger partial charge in [0, 0.05) is 16.5 Å². The molecular weight excluding hydrogens is 306 g/mol. The van der Waals surface area contributed by atoms with Gasteiger partial charge in [0.2, 0.25) is 0 Å². The molecule has 23 heavy (non-hydrogen) atoms. The fraction of sp³-hybridized carbons (Fsp3) is 0.200. The number of pyridine rings is 1. The number of rotatable bonds is 2. The lowest BCUT2D eigenvalue weighted by Crippen LogP contribution is -1.99. The highest BCUT2D eigenvalue weighted by atomic mass is 35.5. The molecule has 3 aromatic rings. The number of benzene rings is 2. The van der Waals surface area contributed by atoms with E-state index < -0.39 is 5.24 Å². The van der Waals surface area contributed by atoms with Crippen LogP contribution in [-0.2, 0) is 0 Å². The third-order valence-corrected chi connectivity index (χ3v) is 4.59. The number of carbonyl (C=O) groups is 1. The lowest BCUT2D eigenvalue weighted by atomic mass is 9.97. The van der Waals surface area contributed by atoms with E-state index in [-0.39, 0.29) is 0 Å². The Balaban J connectivity index is 2.41. The number of fused-ring (bicyclic) bond motifs is 1. The van der Waals surface area contributed by atoms with Gasteiger partial charge in [0.15, 0.2) is 0 Å². The topological polar surface area (TPSA) is 30.0 Å². The van der Waals surface area contributed by atoms with Crippen molar-refractivity contribution in [3.63, 3.8) is 0 Å². The van der Waals surface area contributed by atoms with Gasteiger partial charge in [0.25, 0.3) is 5.24 Å². The zero-order valence-electron chi connectivity index (χ0n) is 13.7. The van der Waals surface area contributed by atoms with Crippen LogP contribution in [0.1, 0.15) is 32.6 Å². The maximum absolute atomic E-state index is 11.9. The van der Waals surface area contributed by atoms with Gasteiger partial charge in [-0.2, -0.15) is 0 Å². The van der Waals surface area contributed by atoms with Crippen LogP contribution < -0.4 is 0 Å². The minimum Gasteiger partial charge on any atom is -0.276 e. The van der Waals surface area contributed by atoms with Gasteiger partial charge in [-0.05, 0) is 68.1 Å². The summed E-state index contributed by atoms with van der Waals surface area (Å²) in [4.78, 5) is 16.8. The van der Waals surface area contributed by atoms with E-state index in [9.17, 15) is 4.79 Å². The van der Waals surface area contributed by atoms with Gasteiger partial charge < -0.3 is 0 Å². The van der Waals surface area contributed by atoms with E-state index in [0.717, 1.165) is 44.4 Å². The molecule has 0 N–H and O–H groups in total. The molecule has 0 aliphatic carbocycles.